The van der Waals surface area contributed by atoms with Crippen molar-refractivity contribution < 1.29 is 18.7 Å². The summed E-state index contributed by atoms with van der Waals surface area (Å²) in [5.41, 5.74) is 1.18. The first-order valence-corrected chi connectivity index (χ1v) is 9.88. The Balaban J connectivity index is 1.79. The lowest BCUT2D eigenvalue weighted by atomic mass is 10.1. The van der Waals surface area contributed by atoms with Crippen LogP contribution in [0.25, 0.3) is 22.1 Å². The van der Waals surface area contributed by atoms with Crippen molar-refractivity contribution in [1.29, 1.82) is 0 Å². The van der Waals surface area contributed by atoms with Gasteiger partial charge in [0, 0.05) is 16.7 Å². The SMILES string of the molecule is CC(C)CCOC(=O)C(C)Oc1ccc2c(=O)c(-c3ccccc3Cl)coc2c1. The van der Waals surface area contributed by atoms with Crippen LogP contribution in [0.4, 0.5) is 0 Å². The Labute approximate surface area is 174 Å². The Morgan fingerprint density at radius 2 is 1.86 bits per heavy atom. The van der Waals surface area contributed by atoms with Crippen LogP contribution < -0.4 is 10.2 Å². The average molecular weight is 415 g/mol. The van der Waals surface area contributed by atoms with Crippen LogP contribution in [0.3, 0.4) is 0 Å². The highest BCUT2D eigenvalue weighted by Gasteiger charge is 2.18. The number of carbonyl (C=O) groups excluding carboxylic acids is 1. The average Bonchev–Trinajstić information content (AvgIpc) is 2.68. The molecule has 1 unspecified atom stereocenters. The lowest BCUT2D eigenvalue weighted by Crippen LogP contribution is -2.26. The zero-order valence-corrected chi connectivity index (χ0v) is 17.4. The van der Waals surface area contributed by atoms with Crippen molar-refractivity contribution in [2.75, 3.05) is 6.61 Å². The maximum absolute atomic E-state index is 12.9. The van der Waals surface area contributed by atoms with Gasteiger partial charge in [0.05, 0.1) is 17.6 Å². The van der Waals surface area contributed by atoms with Crippen LogP contribution in [0.1, 0.15) is 27.2 Å². The van der Waals surface area contributed by atoms with Crippen LogP contribution in [0.2, 0.25) is 5.02 Å². The summed E-state index contributed by atoms with van der Waals surface area (Å²) in [4.78, 5) is 24.9. The Hall–Kier alpha value is -2.79. The van der Waals surface area contributed by atoms with Crippen LogP contribution in [0, 0.1) is 5.92 Å². The van der Waals surface area contributed by atoms with Crippen molar-refractivity contribution in [3.8, 4) is 16.9 Å². The maximum Gasteiger partial charge on any atom is 0.347 e. The summed E-state index contributed by atoms with van der Waals surface area (Å²) in [5, 5.41) is 0.880. The second-order valence-corrected chi connectivity index (χ2v) is 7.63. The number of hydrogen-bond acceptors (Lipinski definition) is 5. The number of carbonyl (C=O) groups is 1. The summed E-state index contributed by atoms with van der Waals surface area (Å²) >= 11 is 6.20. The molecule has 6 heteroatoms. The van der Waals surface area contributed by atoms with Gasteiger partial charge in [0.15, 0.2) is 6.10 Å². The van der Waals surface area contributed by atoms with Gasteiger partial charge in [0.25, 0.3) is 0 Å². The lowest BCUT2D eigenvalue weighted by molar-refractivity contribution is -0.151. The molecule has 3 aromatic rings. The summed E-state index contributed by atoms with van der Waals surface area (Å²) in [6.07, 6.45) is 1.42. The van der Waals surface area contributed by atoms with Crippen LogP contribution in [0.5, 0.6) is 5.75 Å². The summed E-state index contributed by atoms with van der Waals surface area (Å²) in [6.45, 7) is 6.11. The minimum absolute atomic E-state index is 0.188. The highest BCUT2D eigenvalue weighted by molar-refractivity contribution is 6.33. The molecule has 5 nitrogen and oxygen atoms in total. The van der Waals surface area contributed by atoms with Crippen LogP contribution in [0.15, 0.2) is 57.9 Å². The molecule has 0 amide bonds. The smallest absolute Gasteiger partial charge is 0.347 e. The molecule has 0 saturated heterocycles. The molecular weight excluding hydrogens is 392 g/mol. The van der Waals surface area contributed by atoms with E-state index < -0.39 is 12.1 Å². The Kier molecular flexibility index (Phi) is 6.60. The van der Waals surface area contributed by atoms with Gasteiger partial charge in [-0.1, -0.05) is 43.6 Å². The van der Waals surface area contributed by atoms with E-state index in [1.54, 1.807) is 43.3 Å². The highest BCUT2D eigenvalue weighted by Crippen LogP contribution is 2.28. The molecule has 152 valence electrons. The van der Waals surface area contributed by atoms with Crippen molar-refractivity contribution in [3.05, 3.63) is 64.0 Å². The highest BCUT2D eigenvalue weighted by atomic mass is 35.5. The monoisotopic (exact) mass is 414 g/mol. The fourth-order valence-electron chi connectivity index (χ4n) is 2.81. The van der Waals surface area contributed by atoms with Gasteiger partial charge < -0.3 is 13.9 Å². The summed E-state index contributed by atoms with van der Waals surface area (Å²) in [5.74, 6) is 0.443. The maximum atomic E-state index is 12.9. The molecule has 0 radical (unpaired) electrons. The number of hydrogen-bond donors (Lipinski definition) is 0. The first kappa shape index (κ1) is 20.9. The van der Waals surface area contributed by atoms with Gasteiger partial charge in [-0.25, -0.2) is 4.79 Å². The van der Waals surface area contributed by atoms with Crippen molar-refractivity contribution in [2.24, 2.45) is 5.92 Å². The second kappa shape index (κ2) is 9.14. The number of halogens is 1. The number of rotatable bonds is 7. The standard InChI is InChI=1S/C23H23ClO5/c1-14(2)10-11-27-23(26)15(3)29-16-8-9-18-21(12-16)28-13-19(22(18)25)17-6-4-5-7-20(17)24/h4-9,12-15H,10-11H2,1-3H3. The molecule has 29 heavy (non-hydrogen) atoms. The summed E-state index contributed by atoms with van der Waals surface area (Å²) in [7, 11) is 0. The Morgan fingerprint density at radius 3 is 2.59 bits per heavy atom. The Morgan fingerprint density at radius 1 is 1.10 bits per heavy atom. The fourth-order valence-corrected chi connectivity index (χ4v) is 3.05. The first-order valence-electron chi connectivity index (χ1n) is 9.50. The third-order valence-electron chi connectivity index (χ3n) is 4.49. The number of ether oxygens (including phenoxy) is 2. The molecule has 0 fully saturated rings. The van der Waals surface area contributed by atoms with Gasteiger partial charge in [-0.05, 0) is 37.5 Å². The lowest BCUT2D eigenvalue weighted by Gasteiger charge is -2.15. The molecule has 0 aliphatic heterocycles. The topological polar surface area (TPSA) is 65.7 Å². The minimum atomic E-state index is -0.770. The number of benzene rings is 2. The molecule has 2 aromatic carbocycles. The largest absolute Gasteiger partial charge is 0.479 e. The van der Waals surface area contributed by atoms with Crippen LogP contribution in [-0.4, -0.2) is 18.7 Å². The van der Waals surface area contributed by atoms with E-state index in [1.165, 1.54) is 6.26 Å². The third-order valence-corrected chi connectivity index (χ3v) is 4.82. The quantitative estimate of drug-likeness (QED) is 0.479. The molecule has 1 heterocycles. The van der Waals surface area contributed by atoms with E-state index in [0.717, 1.165) is 6.42 Å². The van der Waals surface area contributed by atoms with Crippen molar-refractivity contribution in [2.45, 2.75) is 33.3 Å². The van der Waals surface area contributed by atoms with Crippen molar-refractivity contribution in [3.63, 3.8) is 0 Å². The van der Waals surface area contributed by atoms with Crippen molar-refractivity contribution in [1.82, 2.24) is 0 Å². The molecule has 0 saturated carbocycles. The van der Waals surface area contributed by atoms with E-state index in [9.17, 15) is 9.59 Å². The molecule has 0 N–H and O–H groups in total. The molecule has 1 atom stereocenters. The summed E-state index contributed by atoms with van der Waals surface area (Å²) < 4.78 is 16.5. The second-order valence-electron chi connectivity index (χ2n) is 7.23. The van der Waals surface area contributed by atoms with E-state index in [0.29, 0.717) is 45.4 Å². The van der Waals surface area contributed by atoms with Crippen LogP contribution >= 0.6 is 11.6 Å². The molecule has 1 aromatic heterocycles. The van der Waals surface area contributed by atoms with Crippen molar-refractivity contribution >= 4 is 28.5 Å². The molecule has 0 bridgehead atoms. The van der Waals surface area contributed by atoms with E-state index in [4.69, 9.17) is 25.5 Å². The van der Waals surface area contributed by atoms with Gasteiger partial charge >= 0.3 is 5.97 Å². The zero-order valence-electron chi connectivity index (χ0n) is 16.6. The van der Waals surface area contributed by atoms with E-state index in [-0.39, 0.29) is 5.43 Å². The number of esters is 1. The molecule has 0 aliphatic carbocycles. The predicted molar refractivity (Wildman–Crippen MR) is 113 cm³/mol. The molecular formula is C23H23ClO5. The van der Waals surface area contributed by atoms with Crippen LogP contribution in [-0.2, 0) is 9.53 Å². The fraction of sp³-hybridized carbons (Fsp3) is 0.304. The normalized spacial score (nSPS) is 12.2. The van der Waals surface area contributed by atoms with E-state index in [1.807, 2.05) is 6.07 Å². The van der Waals surface area contributed by atoms with Gasteiger partial charge in [-0.2, -0.15) is 0 Å². The van der Waals surface area contributed by atoms with Gasteiger partial charge in [-0.15, -0.1) is 0 Å². The molecule has 0 aliphatic rings. The van der Waals surface area contributed by atoms with Gasteiger partial charge in [0.1, 0.15) is 17.6 Å². The van der Waals surface area contributed by atoms with E-state index >= 15 is 0 Å². The minimum Gasteiger partial charge on any atom is -0.479 e. The van der Waals surface area contributed by atoms with Gasteiger partial charge in [0.2, 0.25) is 5.43 Å². The summed E-state index contributed by atoms with van der Waals surface area (Å²) in [6, 6.07) is 11.9. The zero-order chi connectivity index (χ0) is 21.0. The predicted octanol–water partition coefficient (Wildman–Crippen LogP) is 5.47. The van der Waals surface area contributed by atoms with Gasteiger partial charge in [-0.3, -0.25) is 4.79 Å². The Bertz CT molecular complexity index is 1070. The molecule has 0 spiro atoms. The number of fused-ring (bicyclic) bond motifs is 1. The third kappa shape index (κ3) is 4.98. The molecule has 3 rings (SSSR count). The first-order chi connectivity index (χ1) is 13.9. The van der Waals surface area contributed by atoms with E-state index in [2.05, 4.69) is 13.8 Å².